The van der Waals surface area contributed by atoms with Gasteiger partial charge in [0, 0.05) is 6.42 Å². The summed E-state index contributed by atoms with van der Waals surface area (Å²) in [5, 5.41) is 8.67. The van der Waals surface area contributed by atoms with Crippen molar-refractivity contribution in [2.24, 2.45) is 4.99 Å². The molecule has 5 nitrogen and oxygen atoms in total. The minimum atomic E-state index is -0.911. The molecule has 0 spiro atoms. The number of alkyl halides is 1. The van der Waals surface area contributed by atoms with Crippen LogP contribution in [0.1, 0.15) is 16.8 Å². The number of H-pyrrole nitrogens is 1. The van der Waals surface area contributed by atoms with Crippen LogP contribution < -0.4 is 5.32 Å². The average Bonchev–Trinajstić information content (AvgIpc) is 2.72. The predicted molar refractivity (Wildman–Crippen MR) is 48.6 cm³/mol. The van der Waals surface area contributed by atoms with E-state index in [1.54, 1.807) is 0 Å². The van der Waals surface area contributed by atoms with E-state index >= 15 is 0 Å². The molecule has 0 radical (unpaired) electrons. The van der Waals surface area contributed by atoms with Crippen molar-refractivity contribution in [2.75, 3.05) is 0 Å². The largest absolute Gasteiger partial charge is 0.346 e. The highest BCUT2D eigenvalue weighted by atomic mass is 19.1. The Bertz CT molecular complexity index is 375. The molecule has 1 amide bonds. The van der Waals surface area contributed by atoms with Crippen LogP contribution in [0.4, 0.5) is 10.2 Å². The quantitative estimate of drug-likeness (QED) is 0.694. The number of halogens is 1. The van der Waals surface area contributed by atoms with Crippen molar-refractivity contribution in [3.63, 3.8) is 0 Å². The molecule has 74 valence electrons. The molecule has 2 N–H and O–H groups in total. The van der Waals surface area contributed by atoms with Gasteiger partial charge in [-0.2, -0.15) is 5.10 Å². The number of hydrogen-bond donors (Lipinski definition) is 2. The average molecular weight is 196 g/mol. The van der Waals surface area contributed by atoms with Gasteiger partial charge in [-0.3, -0.25) is 9.89 Å². The second-order valence-electron chi connectivity index (χ2n) is 3.12. The molecule has 2 rings (SSSR count). The first-order valence-corrected chi connectivity index (χ1v) is 4.17. The molecule has 2 atom stereocenters. The minimum absolute atomic E-state index is 0.291. The van der Waals surface area contributed by atoms with Crippen molar-refractivity contribution in [1.82, 2.24) is 15.5 Å². The van der Waals surface area contributed by atoms with Gasteiger partial charge in [-0.25, -0.2) is 9.38 Å². The zero-order valence-corrected chi connectivity index (χ0v) is 7.33. The first-order chi connectivity index (χ1) is 6.72. The Morgan fingerprint density at radius 3 is 3.14 bits per heavy atom. The van der Waals surface area contributed by atoms with Crippen molar-refractivity contribution >= 4 is 18.4 Å². The van der Waals surface area contributed by atoms with Gasteiger partial charge in [0.15, 0.2) is 5.82 Å². The molecular formula is C8H9FN4O. The third kappa shape index (κ3) is 1.50. The van der Waals surface area contributed by atoms with Gasteiger partial charge >= 0.3 is 0 Å². The van der Waals surface area contributed by atoms with E-state index in [1.807, 2.05) is 0 Å². The maximum Gasteiger partial charge on any atom is 0.257 e. The Balaban J connectivity index is 2.07. The normalized spacial score (nSPS) is 24.4. The van der Waals surface area contributed by atoms with Crippen LogP contribution in [0.3, 0.4) is 0 Å². The van der Waals surface area contributed by atoms with Gasteiger partial charge in [0.25, 0.3) is 5.91 Å². The number of rotatable bonds is 3. The van der Waals surface area contributed by atoms with Gasteiger partial charge in [0.1, 0.15) is 11.7 Å². The molecule has 0 unspecified atom stereocenters. The van der Waals surface area contributed by atoms with Crippen molar-refractivity contribution < 1.29 is 9.18 Å². The summed E-state index contributed by atoms with van der Waals surface area (Å²) in [5.74, 6) is -0.0649. The van der Waals surface area contributed by atoms with Crippen LogP contribution in [0, 0.1) is 0 Å². The number of nitrogens with zero attached hydrogens (tertiary/aromatic N) is 2. The fraction of sp³-hybridized carbons (Fsp3) is 0.375. The Hall–Kier alpha value is -1.72. The lowest BCUT2D eigenvalue weighted by Crippen LogP contribution is -2.26. The second kappa shape index (κ2) is 3.21. The fourth-order valence-electron chi connectivity index (χ4n) is 1.13. The lowest BCUT2D eigenvalue weighted by molar-refractivity contribution is 0.0948. The highest BCUT2D eigenvalue weighted by molar-refractivity contribution is 5.98. The van der Waals surface area contributed by atoms with E-state index in [1.165, 1.54) is 6.20 Å². The summed E-state index contributed by atoms with van der Waals surface area (Å²) in [6.07, 6.45) is 0.820. The maximum atomic E-state index is 12.5. The van der Waals surface area contributed by atoms with Gasteiger partial charge in [0.2, 0.25) is 0 Å². The van der Waals surface area contributed by atoms with E-state index in [4.69, 9.17) is 0 Å². The molecule has 6 heteroatoms. The first kappa shape index (κ1) is 8.86. The van der Waals surface area contributed by atoms with Crippen LogP contribution in [0.15, 0.2) is 11.2 Å². The van der Waals surface area contributed by atoms with Gasteiger partial charge in [-0.15, -0.1) is 0 Å². The number of hydrogen-bond acceptors (Lipinski definition) is 3. The molecule has 0 aromatic carbocycles. The Labute approximate surface area is 79.4 Å². The lowest BCUT2D eigenvalue weighted by Gasteiger charge is -2.00. The van der Waals surface area contributed by atoms with Crippen LogP contribution in [-0.4, -0.2) is 35.0 Å². The number of aromatic amines is 1. The van der Waals surface area contributed by atoms with Crippen LogP contribution in [0.2, 0.25) is 0 Å². The number of nitrogens with one attached hydrogen (secondary N) is 2. The monoisotopic (exact) mass is 196 g/mol. The molecule has 1 aliphatic carbocycles. The van der Waals surface area contributed by atoms with E-state index in [2.05, 4.69) is 27.2 Å². The molecule has 1 saturated carbocycles. The number of aliphatic imine (C=N–C) groups is 1. The van der Waals surface area contributed by atoms with Crippen molar-refractivity contribution in [3.8, 4) is 0 Å². The van der Waals surface area contributed by atoms with E-state index in [9.17, 15) is 9.18 Å². The SMILES string of the molecule is C=Nc1[nH]ncc1C(=O)N[C@@H]1C[C@@H]1F. The molecule has 0 saturated heterocycles. The van der Waals surface area contributed by atoms with Crippen LogP contribution in [-0.2, 0) is 0 Å². The Morgan fingerprint density at radius 2 is 2.57 bits per heavy atom. The van der Waals surface area contributed by atoms with Gasteiger partial charge in [0.05, 0.1) is 12.2 Å². The summed E-state index contributed by atoms with van der Waals surface area (Å²) in [5.41, 5.74) is 0.291. The summed E-state index contributed by atoms with van der Waals surface area (Å²) in [7, 11) is 0. The number of amides is 1. The third-order valence-electron chi connectivity index (χ3n) is 2.05. The van der Waals surface area contributed by atoms with E-state index in [0.29, 0.717) is 17.8 Å². The van der Waals surface area contributed by atoms with Crippen LogP contribution >= 0.6 is 0 Å². The van der Waals surface area contributed by atoms with Crippen molar-refractivity contribution in [3.05, 3.63) is 11.8 Å². The summed E-state index contributed by atoms with van der Waals surface area (Å²) in [6, 6.07) is -0.352. The van der Waals surface area contributed by atoms with Gasteiger partial charge < -0.3 is 5.32 Å². The molecule has 1 aliphatic rings. The van der Waals surface area contributed by atoms with Crippen molar-refractivity contribution in [2.45, 2.75) is 18.6 Å². The highest BCUT2D eigenvalue weighted by Gasteiger charge is 2.39. The number of aromatic nitrogens is 2. The fourth-order valence-corrected chi connectivity index (χ4v) is 1.13. The molecule has 1 aromatic rings. The molecule has 0 aliphatic heterocycles. The van der Waals surface area contributed by atoms with Crippen LogP contribution in [0.25, 0.3) is 0 Å². The zero-order valence-electron chi connectivity index (χ0n) is 7.33. The zero-order chi connectivity index (χ0) is 10.1. The summed E-state index contributed by atoms with van der Waals surface area (Å²) >= 11 is 0. The summed E-state index contributed by atoms with van der Waals surface area (Å²) < 4.78 is 12.5. The predicted octanol–water partition coefficient (Wildman–Crippen LogP) is 0.582. The number of carbonyl (C=O) groups is 1. The highest BCUT2D eigenvalue weighted by Crippen LogP contribution is 2.25. The standard InChI is InChI=1S/C8H9FN4O/c1-10-7-4(3-11-13-7)8(14)12-6-2-5(6)9/h3,5-6H,1-2H2,(H,11,13)(H,12,14)/t5-,6+/m0/s1. The van der Waals surface area contributed by atoms with E-state index in [0.717, 1.165) is 0 Å². The molecule has 1 aromatic heterocycles. The first-order valence-electron chi connectivity index (χ1n) is 4.17. The van der Waals surface area contributed by atoms with Gasteiger partial charge in [-0.1, -0.05) is 0 Å². The Kier molecular flexibility index (Phi) is 2.03. The molecule has 14 heavy (non-hydrogen) atoms. The van der Waals surface area contributed by atoms with E-state index < -0.39 is 6.17 Å². The molecule has 0 bridgehead atoms. The topological polar surface area (TPSA) is 70.1 Å². The molecule has 1 heterocycles. The van der Waals surface area contributed by atoms with Crippen LogP contribution in [0.5, 0.6) is 0 Å². The lowest BCUT2D eigenvalue weighted by atomic mass is 10.3. The smallest absolute Gasteiger partial charge is 0.257 e. The maximum absolute atomic E-state index is 12.5. The third-order valence-corrected chi connectivity index (χ3v) is 2.05. The number of carbonyl (C=O) groups excluding carboxylic acids is 1. The second-order valence-corrected chi connectivity index (χ2v) is 3.12. The summed E-state index contributed by atoms with van der Waals surface area (Å²) in [4.78, 5) is 15.0. The molecule has 1 fully saturated rings. The summed E-state index contributed by atoms with van der Waals surface area (Å²) in [6.45, 7) is 3.28. The van der Waals surface area contributed by atoms with Gasteiger partial charge in [-0.05, 0) is 6.72 Å². The van der Waals surface area contributed by atoms with Crippen molar-refractivity contribution in [1.29, 1.82) is 0 Å². The molecular weight excluding hydrogens is 187 g/mol. The minimum Gasteiger partial charge on any atom is -0.346 e. The Morgan fingerprint density at radius 1 is 1.86 bits per heavy atom. The van der Waals surface area contributed by atoms with E-state index in [-0.39, 0.29) is 11.9 Å².